The van der Waals surface area contributed by atoms with E-state index < -0.39 is 0 Å². The van der Waals surface area contributed by atoms with Crippen LogP contribution >= 0.6 is 0 Å². The van der Waals surface area contributed by atoms with E-state index in [4.69, 9.17) is 0 Å². The quantitative estimate of drug-likeness (QED) is 0.881. The number of piperidine rings is 1. The van der Waals surface area contributed by atoms with Crippen molar-refractivity contribution in [1.82, 2.24) is 10.2 Å². The number of aryl methyl sites for hydroxylation is 1. The molecule has 0 aromatic heterocycles. The topological polar surface area (TPSA) is 44.4 Å². The maximum Gasteiger partial charge on any atom is 0.238 e. The van der Waals surface area contributed by atoms with Gasteiger partial charge in [0, 0.05) is 18.3 Å². The zero-order valence-corrected chi connectivity index (χ0v) is 12.6. The van der Waals surface area contributed by atoms with Crippen LogP contribution in [-0.4, -0.2) is 43.5 Å². The molecular weight excluding hydrogens is 250 g/mol. The highest BCUT2D eigenvalue weighted by molar-refractivity contribution is 5.92. The summed E-state index contributed by atoms with van der Waals surface area (Å²) in [5.74, 6) is 0.613. The molecule has 4 nitrogen and oxygen atoms in total. The highest BCUT2D eigenvalue weighted by atomic mass is 16.1. The second kappa shape index (κ2) is 6.86. The zero-order chi connectivity index (χ0) is 14.5. The molecule has 1 amide bonds. The molecule has 2 rings (SSSR count). The van der Waals surface area contributed by atoms with E-state index in [1.165, 1.54) is 0 Å². The minimum absolute atomic E-state index is 0.0294. The normalized spacial score (nSPS) is 23.6. The van der Waals surface area contributed by atoms with E-state index in [-0.39, 0.29) is 5.91 Å². The van der Waals surface area contributed by atoms with Crippen LogP contribution < -0.4 is 10.6 Å². The van der Waals surface area contributed by atoms with Crippen molar-refractivity contribution in [3.8, 4) is 0 Å². The van der Waals surface area contributed by atoms with E-state index in [2.05, 4.69) is 29.5 Å². The van der Waals surface area contributed by atoms with Crippen LogP contribution in [0, 0.1) is 12.8 Å². The van der Waals surface area contributed by atoms with Gasteiger partial charge in [0.15, 0.2) is 0 Å². The molecular formula is C16H25N3O. The minimum atomic E-state index is 0.0294. The lowest BCUT2D eigenvalue weighted by Gasteiger charge is -2.35. The fraction of sp³-hybridized carbons (Fsp3) is 0.562. The lowest BCUT2D eigenvalue weighted by atomic mass is 9.94. The summed E-state index contributed by atoms with van der Waals surface area (Å²) in [6.07, 6.45) is 1.11. The number of nitrogens with zero attached hydrogens (tertiary/aromatic N) is 1. The summed E-state index contributed by atoms with van der Waals surface area (Å²) in [5, 5.41) is 6.32. The van der Waals surface area contributed by atoms with E-state index in [9.17, 15) is 4.79 Å². The molecule has 1 aromatic carbocycles. The Morgan fingerprint density at radius 3 is 2.95 bits per heavy atom. The number of carbonyl (C=O) groups excluding carboxylic acids is 1. The molecule has 2 unspecified atom stereocenters. The summed E-state index contributed by atoms with van der Waals surface area (Å²) in [4.78, 5) is 14.3. The molecule has 110 valence electrons. The molecule has 0 spiro atoms. The van der Waals surface area contributed by atoms with Crippen molar-refractivity contribution < 1.29 is 4.79 Å². The summed E-state index contributed by atoms with van der Waals surface area (Å²) in [5.41, 5.74) is 2.02. The molecule has 1 aromatic rings. The number of carbonyl (C=O) groups is 1. The van der Waals surface area contributed by atoms with E-state index in [0.29, 0.717) is 18.5 Å². The van der Waals surface area contributed by atoms with Gasteiger partial charge in [-0.25, -0.2) is 0 Å². The fourth-order valence-corrected chi connectivity index (χ4v) is 2.81. The summed E-state index contributed by atoms with van der Waals surface area (Å²) in [6.45, 7) is 6.84. The molecule has 1 fully saturated rings. The first kappa shape index (κ1) is 15.0. The lowest BCUT2D eigenvalue weighted by molar-refractivity contribution is -0.115. The molecule has 0 radical (unpaired) electrons. The lowest BCUT2D eigenvalue weighted by Crippen LogP contribution is -2.48. The first-order valence-corrected chi connectivity index (χ1v) is 7.33. The minimum Gasteiger partial charge on any atom is -0.325 e. The van der Waals surface area contributed by atoms with Gasteiger partial charge in [-0.2, -0.15) is 0 Å². The average Bonchev–Trinajstić information content (AvgIpc) is 2.37. The smallest absolute Gasteiger partial charge is 0.238 e. The maximum absolute atomic E-state index is 12.0. The molecule has 0 bridgehead atoms. The van der Waals surface area contributed by atoms with Crippen molar-refractivity contribution in [1.29, 1.82) is 0 Å². The predicted molar refractivity (Wildman–Crippen MR) is 82.9 cm³/mol. The summed E-state index contributed by atoms with van der Waals surface area (Å²) in [7, 11) is 2.15. The number of hydrogen-bond donors (Lipinski definition) is 2. The van der Waals surface area contributed by atoms with Crippen molar-refractivity contribution in [2.75, 3.05) is 32.0 Å². The Balaban J connectivity index is 1.78. The van der Waals surface area contributed by atoms with Gasteiger partial charge in [-0.3, -0.25) is 4.79 Å². The first-order chi connectivity index (χ1) is 9.54. The molecule has 1 saturated heterocycles. The molecule has 1 heterocycles. The van der Waals surface area contributed by atoms with Crippen LogP contribution in [0.25, 0.3) is 0 Å². The number of nitrogens with one attached hydrogen (secondary N) is 2. The maximum atomic E-state index is 12.0. The van der Waals surface area contributed by atoms with Crippen LogP contribution in [0.2, 0.25) is 0 Å². The van der Waals surface area contributed by atoms with Gasteiger partial charge in [-0.15, -0.1) is 0 Å². The SMILES string of the molecule is Cc1cccc(NC(=O)CNC2CCN(C)CC2C)c1. The third-order valence-electron chi connectivity index (χ3n) is 3.94. The Hall–Kier alpha value is -1.39. The van der Waals surface area contributed by atoms with E-state index in [1.807, 2.05) is 31.2 Å². The Bertz CT molecular complexity index is 461. The average molecular weight is 275 g/mol. The van der Waals surface area contributed by atoms with Crippen LogP contribution in [0.5, 0.6) is 0 Å². The van der Waals surface area contributed by atoms with E-state index >= 15 is 0 Å². The van der Waals surface area contributed by atoms with Gasteiger partial charge in [-0.05, 0) is 50.6 Å². The summed E-state index contributed by atoms with van der Waals surface area (Å²) < 4.78 is 0. The Morgan fingerprint density at radius 1 is 1.45 bits per heavy atom. The largest absolute Gasteiger partial charge is 0.325 e. The summed E-state index contributed by atoms with van der Waals surface area (Å²) in [6, 6.07) is 8.32. The van der Waals surface area contributed by atoms with Crippen LogP contribution in [0.15, 0.2) is 24.3 Å². The van der Waals surface area contributed by atoms with Crippen molar-refractivity contribution >= 4 is 11.6 Å². The number of hydrogen-bond acceptors (Lipinski definition) is 3. The highest BCUT2D eigenvalue weighted by Crippen LogP contribution is 2.15. The number of amides is 1. The van der Waals surface area contributed by atoms with Crippen molar-refractivity contribution in [2.24, 2.45) is 5.92 Å². The van der Waals surface area contributed by atoms with Gasteiger partial charge >= 0.3 is 0 Å². The predicted octanol–water partition coefficient (Wildman–Crippen LogP) is 1.86. The molecule has 1 aliphatic heterocycles. The Labute approximate surface area is 121 Å². The van der Waals surface area contributed by atoms with Gasteiger partial charge in [0.1, 0.15) is 0 Å². The summed E-state index contributed by atoms with van der Waals surface area (Å²) >= 11 is 0. The third-order valence-corrected chi connectivity index (χ3v) is 3.94. The molecule has 2 atom stereocenters. The molecule has 2 N–H and O–H groups in total. The molecule has 1 aliphatic rings. The monoisotopic (exact) mass is 275 g/mol. The van der Waals surface area contributed by atoms with E-state index in [1.54, 1.807) is 0 Å². The second-order valence-corrected chi connectivity index (χ2v) is 5.93. The Kier molecular flexibility index (Phi) is 5.15. The van der Waals surface area contributed by atoms with Gasteiger partial charge < -0.3 is 15.5 Å². The standard InChI is InChI=1S/C16H25N3O/c1-12-5-4-6-14(9-12)18-16(20)10-17-15-7-8-19(3)11-13(15)2/h4-6,9,13,15,17H,7-8,10-11H2,1-3H3,(H,18,20). The van der Waals surface area contributed by atoms with Crippen molar-refractivity contribution in [3.05, 3.63) is 29.8 Å². The fourth-order valence-electron chi connectivity index (χ4n) is 2.81. The van der Waals surface area contributed by atoms with Crippen molar-refractivity contribution in [2.45, 2.75) is 26.3 Å². The zero-order valence-electron chi connectivity index (χ0n) is 12.6. The third kappa shape index (κ3) is 4.32. The van der Waals surface area contributed by atoms with E-state index in [0.717, 1.165) is 30.8 Å². The number of anilines is 1. The van der Waals surface area contributed by atoms with Crippen LogP contribution in [0.1, 0.15) is 18.9 Å². The van der Waals surface area contributed by atoms with Gasteiger partial charge in [0.05, 0.1) is 6.54 Å². The second-order valence-electron chi connectivity index (χ2n) is 5.93. The van der Waals surface area contributed by atoms with Crippen LogP contribution in [0.3, 0.4) is 0 Å². The molecule has 20 heavy (non-hydrogen) atoms. The number of likely N-dealkylation sites (tertiary alicyclic amines) is 1. The van der Waals surface area contributed by atoms with Gasteiger partial charge in [0.25, 0.3) is 0 Å². The van der Waals surface area contributed by atoms with Crippen molar-refractivity contribution in [3.63, 3.8) is 0 Å². The first-order valence-electron chi connectivity index (χ1n) is 7.33. The van der Waals surface area contributed by atoms with Crippen LogP contribution in [0.4, 0.5) is 5.69 Å². The highest BCUT2D eigenvalue weighted by Gasteiger charge is 2.23. The van der Waals surface area contributed by atoms with Gasteiger partial charge in [0.2, 0.25) is 5.91 Å². The number of benzene rings is 1. The van der Waals surface area contributed by atoms with Gasteiger partial charge in [-0.1, -0.05) is 19.1 Å². The number of rotatable bonds is 4. The molecule has 0 aliphatic carbocycles. The van der Waals surface area contributed by atoms with Crippen LogP contribution in [-0.2, 0) is 4.79 Å². The Morgan fingerprint density at radius 2 is 2.25 bits per heavy atom. The molecule has 4 heteroatoms. The molecule has 0 saturated carbocycles.